The van der Waals surface area contributed by atoms with Gasteiger partial charge in [0.15, 0.2) is 0 Å². The van der Waals surface area contributed by atoms with Gasteiger partial charge in [0.25, 0.3) is 0 Å². The van der Waals surface area contributed by atoms with Gasteiger partial charge in [-0.3, -0.25) is 9.69 Å². The zero-order valence-electron chi connectivity index (χ0n) is 13.4. The van der Waals surface area contributed by atoms with Crippen LogP contribution in [-0.2, 0) is 9.53 Å². The van der Waals surface area contributed by atoms with E-state index in [2.05, 4.69) is 22.2 Å². The minimum atomic E-state index is 0.185. The summed E-state index contributed by atoms with van der Waals surface area (Å²) in [5.41, 5.74) is 2.84. The Morgan fingerprint density at radius 3 is 2.83 bits per heavy atom. The van der Waals surface area contributed by atoms with Crippen molar-refractivity contribution in [1.29, 1.82) is 0 Å². The second-order valence-corrected chi connectivity index (χ2v) is 6.06. The number of ether oxygens (including phenoxy) is 1. The maximum atomic E-state index is 12.5. The molecule has 1 unspecified atom stereocenters. The Balaban J connectivity index is 1.77. The van der Waals surface area contributed by atoms with Crippen LogP contribution in [0.5, 0.6) is 0 Å². The molecule has 0 spiro atoms. The summed E-state index contributed by atoms with van der Waals surface area (Å²) in [5, 5.41) is 7.23. The number of rotatable bonds is 4. The third-order valence-electron chi connectivity index (χ3n) is 4.53. The van der Waals surface area contributed by atoms with Crippen molar-refractivity contribution in [3.05, 3.63) is 23.8 Å². The van der Waals surface area contributed by atoms with E-state index in [1.807, 2.05) is 23.1 Å². The zero-order valence-corrected chi connectivity index (χ0v) is 13.4. The molecule has 1 aromatic carbocycles. The molecule has 0 radical (unpaired) electrons. The number of amides is 1. The zero-order chi connectivity index (χ0) is 16.2. The van der Waals surface area contributed by atoms with Crippen LogP contribution in [-0.4, -0.2) is 50.2 Å². The molecular formula is C16H23N5O2. The lowest BCUT2D eigenvalue weighted by Gasteiger charge is -2.35. The fourth-order valence-electron chi connectivity index (χ4n) is 3.24. The number of carbonyl (C=O) groups excluding carboxylic acids is 1. The predicted molar refractivity (Wildman–Crippen MR) is 87.8 cm³/mol. The van der Waals surface area contributed by atoms with Gasteiger partial charge in [-0.15, -0.1) is 5.11 Å². The number of benzene rings is 1. The SMILES string of the molecule is CC1CC(=O)N(CCN2CCOCC2)c2ccc(N=NN)cc21. The highest BCUT2D eigenvalue weighted by molar-refractivity contribution is 5.97. The van der Waals surface area contributed by atoms with Gasteiger partial charge < -0.3 is 15.5 Å². The Kier molecular flexibility index (Phi) is 4.88. The number of carbonyl (C=O) groups is 1. The molecule has 1 atom stereocenters. The molecule has 2 aliphatic rings. The highest BCUT2D eigenvalue weighted by atomic mass is 16.5. The Hall–Kier alpha value is -1.99. The van der Waals surface area contributed by atoms with Crippen molar-refractivity contribution in [2.45, 2.75) is 19.3 Å². The summed E-state index contributed by atoms with van der Waals surface area (Å²) in [6.45, 7) is 7.05. The molecule has 2 aliphatic heterocycles. The summed E-state index contributed by atoms with van der Waals surface area (Å²) in [4.78, 5) is 16.7. The topological polar surface area (TPSA) is 83.5 Å². The standard InChI is InChI=1S/C16H23N5O2/c1-12-10-16(22)21(5-4-20-6-8-23-9-7-20)15-3-2-13(18-19-17)11-14(12)15/h2-3,11-12H,4-10H2,1H3,(H2,17,18). The largest absolute Gasteiger partial charge is 0.379 e. The molecule has 2 N–H and O–H groups in total. The second kappa shape index (κ2) is 7.06. The van der Waals surface area contributed by atoms with Gasteiger partial charge in [0, 0.05) is 38.3 Å². The highest BCUT2D eigenvalue weighted by Crippen LogP contribution is 2.37. The lowest BCUT2D eigenvalue weighted by molar-refractivity contribution is -0.119. The van der Waals surface area contributed by atoms with Crippen LogP contribution in [0.4, 0.5) is 11.4 Å². The molecule has 0 aromatic heterocycles. The molecule has 7 heteroatoms. The van der Waals surface area contributed by atoms with E-state index in [0.717, 1.165) is 49.8 Å². The van der Waals surface area contributed by atoms with Gasteiger partial charge in [-0.2, -0.15) is 0 Å². The fraction of sp³-hybridized carbons (Fsp3) is 0.562. The highest BCUT2D eigenvalue weighted by Gasteiger charge is 2.29. The number of anilines is 1. The maximum absolute atomic E-state index is 12.5. The molecule has 124 valence electrons. The van der Waals surface area contributed by atoms with Crippen LogP contribution in [0.3, 0.4) is 0 Å². The van der Waals surface area contributed by atoms with E-state index in [0.29, 0.717) is 13.0 Å². The van der Waals surface area contributed by atoms with Crippen molar-refractivity contribution in [2.24, 2.45) is 16.2 Å². The molecular weight excluding hydrogens is 294 g/mol. The van der Waals surface area contributed by atoms with Crippen molar-refractivity contribution in [1.82, 2.24) is 4.90 Å². The van der Waals surface area contributed by atoms with Crippen LogP contribution in [0, 0.1) is 0 Å². The van der Waals surface area contributed by atoms with Gasteiger partial charge in [0.1, 0.15) is 0 Å². The summed E-state index contributed by atoms with van der Waals surface area (Å²) in [6, 6.07) is 5.78. The number of nitrogens with zero attached hydrogens (tertiary/aromatic N) is 4. The van der Waals surface area contributed by atoms with Crippen molar-refractivity contribution < 1.29 is 9.53 Å². The fourth-order valence-corrected chi connectivity index (χ4v) is 3.24. The first-order valence-corrected chi connectivity index (χ1v) is 8.04. The lowest BCUT2D eigenvalue weighted by atomic mass is 9.90. The van der Waals surface area contributed by atoms with E-state index in [1.54, 1.807) is 0 Å². The third kappa shape index (κ3) is 3.51. The minimum Gasteiger partial charge on any atom is -0.379 e. The average molecular weight is 317 g/mol. The quantitative estimate of drug-likeness (QED) is 0.521. The Morgan fingerprint density at radius 2 is 2.09 bits per heavy atom. The molecule has 7 nitrogen and oxygen atoms in total. The predicted octanol–water partition coefficient (Wildman–Crippen LogP) is 1.82. The van der Waals surface area contributed by atoms with Crippen molar-refractivity contribution in [2.75, 3.05) is 44.3 Å². The van der Waals surface area contributed by atoms with Crippen molar-refractivity contribution in [3.8, 4) is 0 Å². The maximum Gasteiger partial charge on any atom is 0.227 e. The van der Waals surface area contributed by atoms with Crippen LogP contribution in [0.1, 0.15) is 24.8 Å². The van der Waals surface area contributed by atoms with E-state index in [-0.39, 0.29) is 11.8 Å². The first-order chi connectivity index (χ1) is 11.2. The van der Waals surface area contributed by atoms with Crippen LogP contribution < -0.4 is 10.7 Å². The van der Waals surface area contributed by atoms with Crippen LogP contribution in [0.2, 0.25) is 0 Å². The molecule has 23 heavy (non-hydrogen) atoms. The van der Waals surface area contributed by atoms with Crippen LogP contribution >= 0.6 is 0 Å². The first kappa shape index (κ1) is 15.9. The number of fused-ring (bicyclic) bond motifs is 1. The normalized spacial score (nSPS) is 22.6. The molecule has 1 amide bonds. The summed E-state index contributed by atoms with van der Waals surface area (Å²) in [7, 11) is 0. The molecule has 0 saturated carbocycles. The molecule has 1 aromatic rings. The summed E-state index contributed by atoms with van der Waals surface area (Å²) < 4.78 is 5.37. The van der Waals surface area contributed by atoms with Gasteiger partial charge in [-0.05, 0) is 29.7 Å². The number of nitrogens with two attached hydrogens (primary N) is 1. The number of hydrogen-bond acceptors (Lipinski definition) is 5. The second-order valence-electron chi connectivity index (χ2n) is 6.06. The van der Waals surface area contributed by atoms with Gasteiger partial charge in [-0.1, -0.05) is 12.1 Å². The summed E-state index contributed by atoms with van der Waals surface area (Å²) >= 11 is 0. The van der Waals surface area contributed by atoms with Gasteiger partial charge in [0.2, 0.25) is 5.91 Å². The molecule has 2 heterocycles. The monoisotopic (exact) mass is 317 g/mol. The van der Waals surface area contributed by atoms with Crippen molar-refractivity contribution in [3.63, 3.8) is 0 Å². The van der Waals surface area contributed by atoms with E-state index in [1.165, 1.54) is 0 Å². The lowest BCUT2D eigenvalue weighted by Crippen LogP contribution is -2.44. The molecule has 0 bridgehead atoms. The first-order valence-electron chi connectivity index (χ1n) is 8.04. The van der Waals surface area contributed by atoms with E-state index in [4.69, 9.17) is 10.6 Å². The average Bonchev–Trinajstić information content (AvgIpc) is 2.56. The molecule has 1 saturated heterocycles. The van der Waals surface area contributed by atoms with Gasteiger partial charge in [-0.25, -0.2) is 0 Å². The minimum absolute atomic E-state index is 0.185. The summed E-state index contributed by atoms with van der Waals surface area (Å²) in [5.74, 6) is 5.50. The Bertz CT molecular complexity index is 598. The van der Waals surface area contributed by atoms with Crippen LogP contribution in [0.15, 0.2) is 28.5 Å². The third-order valence-corrected chi connectivity index (χ3v) is 4.53. The van der Waals surface area contributed by atoms with Crippen molar-refractivity contribution >= 4 is 17.3 Å². The Morgan fingerprint density at radius 1 is 1.30 bits per heavy atom. The van der Waals surface area contributed by atoms with Gasteiger partial charge >= 0.3 is 0 Å². The number of hydrogen-bond donors (Lipinski definition) is 1. The number of morpholine rings is 1. The summed E-state index contributed by atoms with van der Waals surface area (Å²) in [6.07, 6.45) is 0.527. The van der Waals surface area contributed by atoms with Crippen LogP contribution in [0.25, 0.3) is 0 Å². The molecule has 0 aliphatic carbocycles. The smallest absolute Gasteiger partial charge is 0.227 e. The molecule has 1 fully saturated rings. The van der Waals surface area contributed by atoms with E-state index in [9.17, 15) is 4.79 Å². The van der Waals surface area contributed by atoms with Gasteiger partial charge in [0.05, 0.1) is 18.9 Å². The van der Waals surface area contributed by atoms with E-state index >= 15 is 0 Å². The Labute approximate surface area is 136 Å². The molecule has 3 rings (SSSR count). The van der Waals surface area contributed by atoms with E-state index < -0.39 is 0 Å².